The molecule has 112 valence electrons. The summed E-state index contributed by atoms with van der Waals surface area (Å²) in [7, 11) is 0. The molecule has 0 bridgehead atoms. The molecule has 1 aliphatic carbocycles. The monoisotopic (exact) mass is 301 g/mol. The summed E-state index contributed by atoms with van der Waals surface area (Å²) >= 11 is 5.83. The van der Waals surface area contributed by atoms with Crippen LogP contribution in [0.25, 0.3) is 0 Å². The van der Waals surface area contributed by atoms with E-state index in [1.807, 2.05) is 6.92 Å². The van der Waals surface area contributed by atoms with Crippen LogP contribution in [0.1, 0.15) is 27.2 Å². The maximum absolute atomic E-state index is 14.2. The fraction of sp³-hybridized carbons (Fsp3) is 0.571. The first-order valence-corrected chi connectivity index (χ1v) is 7.07. The minimum Gasteiger partial charge on any atom is -0.397 e. The van der Waals surface area contributed by atoms with Crippen LogP contribution >= 0.6 is 11.6 Å². The first-order chi connectivity index (χ1) is 9.28. The Labute approximate surface area is 123 Å². The number of hydrogen-bond donors (Lipinski definition) is 3. The van der Waals surface area contributed by atoms with Crippen molar-refractivity contribution in [1.82, 2.24) is 0 Å². The van der Waals surface area contributed by atoms with Gasteiger partial charge in [0.2, 0.25) is 0 Å². The van der Waals surface area contributed by atoms with Crippen LogP contribution in [0.4, 0.5) is 21.5 Å². The number of ether oxygens (including phenoxy) is 1. The molecule has 20 heavy (non-hydrogen) atoms. The number of benzene rings is 1. The van der Waals surface area contributed by atoms with Gasteiger partial charge in [-0.3, -0.25) is 0 Å². The quantitative estimate of drug-likeness (QED) is 0.746. The Hall–Kier alpha value is -1.20. The number of anilines is 3. The average Bonchev–Trinajstić information content (AvgIpc) is 2.38. The highest BCUT2D eigenvalue weighted by Gasteiger charge is 2.49. The second kappa shape index (κ2) is 5.30. The molecular formula is C14H21ClFN3O. The second-order valence-electron chi connectivity index (χ2n) is 5.76. The highest BCUT2D eigenvalue weighted by molar-refractivity contribution is 6.33. The van der Waals surface area contributed by atoms with Gasteiger partial charge >= 0.3 is 0 Å². The summed E-state index contributed by atoms with van der Waals surface area (Å²) in [5, 5.41) is 3.04. The van der Waals surface area contributed by atoms with Crippen molar-refractivity contribution in [3.05, 3.63) is 16.9 Å². The Balaban J connectivity index is 2.19. The number of nitrogens with two attached hydrogens (primary N) is 2. The molecule has 0 spiro atoms. The van der Waals surface area contributed by atoms with E-state index in [0.717, 1.165) is 6.42 Å². The normalized spacial score (nSPS) is 24.2. The van der Waals surface area contributed by atoms with E-state index in [-0.39, 0.29) is 39.6 Å². The van der Waals surface area contributed by atoms with Crippen LogP contribution in [0.2, 0.25) is 5.02 Å². The van der Waals surface area contributed by atoms with Crippen molar-refractivity contribution in [1.29, 1.82) is 0 Å². The van der Waals surface area contributed by atoms with E-state index >= 15 is 0 Å². The van der Waals surface area contributed by atoms with E-state index in [1.54, 1.807) is 0 Å². The lowest BCUT2D eigenvalue weighted by Crippen LogP contribution is -2.58. The zero-order valence-corrected chi connectivity index (χ0v) is 12.7. The van der Waals surface area contributed by atoms with Crippen LogP contribution in [0.3, 0.4) is 0 Å². The number of hydrogen-bond acceptors (Lipinski definition) is 4. The average molecular weight is 302 g/mol. The summed E-state index contributed by atoms with van der Waals surface area (Å²) in [5.41, 5.74) is 11.9. The van der Waals surface area contributed by atoms with Gasteiger partial charge in [-0.25, -0.2) is 4.39 Å². The highest BCUT2D eigenvalue weighted by Crippen LogP contribution is 2.46. The summed E-state index contributed by atoms with van der Waals surface area (Å²) < 4.78 is 19.8. The first-order valence-electron chi connectivity index (χ1n) is 6.70. The standard InChI is InChI=1S/C14H21ClFN3O/c1-4-20-10-6-9(14(10,2)3)19-13-8(18)5-7(17)11(15)12(13)16/h5,9-10,19H,4,6,17-18H2,1-3H3. The molecule has 4 nitrogen and oxygen atoms in total. The molecule has 1 fully saturated rings. The molecule has 0 saturated heterocycles. The lowest BCUT2D eigenvalue weighted by Gasteiger charge is -2.52. The fourth-order valence-electron chi connectivity index (χ4n) is 2.60. The van der Waals surface area contributed by atoms with E-state index < -0.39 is 5.82 Å². The van der Waals surface area contributed by atoms with Crippen LogP contribution < -0.4 is 16.8 Å². The Morgan fingerprint density at radius 1 is 1.45 bits per heavy atom. The third-order valence-electron chi connectivity index (χ3n) is 4.13. The molecule has 1 saturated carbocycles. The van der Waals surface area contributed by atoms with Gasteiger partial charge in [0.15, 0.2) is 5.82 Å². The van der Waals surface area contributed by atoms with Gasteiger partial charge in [-0.15, -0.1) is 0 Å². The van der Waals surface area contributed by atoms with Gasteiger partial charge < -0.3 is 21.5 Å². The Morgan fingerprint density at radius 2 is 2.10 bits per heavy atom. The Kier molecular flexibility index (Phi) is 4.02. The van der Waals surface area contributed by atoms with Gasteiger partial charge in [0.05, 0.1) is 23.2 Å². The zero-order valence-electron chi connectivity index (χ0n) is 12.0. The van der Waals surface area contributed by atoms with E-state index in [9.17, 15) is 4.39 Å². The molecule has 0 heterocycles. The molecule has 0 aliphatic heterocycles. The van der Waals surface area contributed by atoms with Gasteiger partial charge in [-0.2, -0.15) is 0 Å². The maximum Gasteiger partial charge on any atom is 0.169 e. The molecule has 0 radical (unpaired) electrons. The van der Waals surface area contributed by atoms with Gasteiger partial charge in [-0.05, 0) is 19.4 Å². The Bertz CT molecular complexity index is 522. The van der Waals surface area contributed by atoms with Crippen LogP contribution in [0.5, 0.6) is 0 Å². The summed E-state index contributed by atoms with van der Waals surface area (Å²) in [4.78, 5) is 0. The van der Waals surface area contributed by atoms with E-state index in [2.05, 4.69) is 19.2 Å². The topological polar surface area (TPSA) is 73.3 Å². The minimum atomic E-state index is -0.597. The summed E-state index contributed by atoms with van der Waals surface area (Å²) in [5.74, 6) is -0.597. The highest BCUT2D eigenvalue weighted by atomic mass is 35.5. The largest absolute Gasteiger partial charge is 0.397 e. The van der Waals surface area contributed by atoms with Gasteiger partial charge in [0.1, 0.15) is 5.02 Å². The molecule has 1 aliphatic rings. The minimum absolute atomic E-state index is 0.0792. The summed E-state index contributed by atoms with van der Waals surface area (Å²) in [6.07, 6.45) is 0.973. The number of nitrogens with one attached hydrogen (secondary N) is 1. The van der Waals surface area contributed by atoms with Crippen molar-refractivity contribution in [3.63, 3.8) is 0 Å². The van der Waals surface area contributed by atoms with Crippen LogP contribution in [0, 0.1) is 11.2 Å². The third kappa shape index (κ3) is 2.40. The van der Waals surface area contributed by atoms with Crippen molar-refractivity contribution < 1.29 is 9.13 Å². The molecule has 5 N–H and O–H groups in total. The maximum atomic E-state index is 14.2. The van der Waals surface area contributed by atoms with Gasteiger partial charge in [-0.1, -0.05) is 25.4 Å². The lowest BCUT2D eigenvalue weighted by molar-refractivity contribution is -0.0976. The SMILES string of the molecule is CCOC1CC(Nc2c(N)cc(N)c(Cl)c2F)C1(C)C. The third-order valence-corrected chi connectivity index (χ3v) is 4.51. The van der Waals surface area contributed by atoms with E-state index in [0.29, 0.717) is 6.61 Å². The Morgan fingerprint density at radius 3 is 2.65 bits per heavy atom. The van der Waals surface area contributed by atoms with Crippen molar-refractivity contribution in [2.24, 2.45) is 5.41 Å². The molecule has 1 aromatic rings. The molecule has 6 heteroatoms. The van der Waals surface area contributed by atoms with Gasteiger partial charge in [0.25, 0.3) is 0 Å². The molecule has 0 aromatic heterocycles. The van der Waals surface area contributed by atoms with Crippen molar-refractivity contribution >= 4 is 28.7 Å². The van der Waals surface area contributed by atoms with Crippen molar-refractivity contribution in [2.75, 3.05) is 23.4 Å². The number of nitrogen functional groups attached to an aromatic ring is 2. The van der Waals surface area contributed by atoms with E-state index in [4.69, 9.17) is 27.8 Å². The van der Waals surface area contributed by atoms with Gasteiger partial charge in [0, 0.05) is 18.1 Å². The number of halogens is 2. The molecule has 0 amide bonds. The molecular weight excluding hydrogens is 281 g/mol. The molecule has 2 atom stereocenters. The predicted molar refractivity (Wildman–Crippen MR) is 81.5 cm³/mol. The lowest BCUT2D eigenvalue weighted by atomic mass is 9.64. The zero-order chi connectivity index (χ0) is 15.1. The fourth-order valence-corrected chi connectivity index (χ4v) is 2.75. The molecule has 2 rings (SSSR count). The predicted octanol–water partition coefficient (Wildman–Crippen LogP) is 3.26. The summed E-state index contributed by atoms with van der Waals surface area (Å²) in [6, 6.07) is 1.55. The second-order valence-corrected chi connectivity index (χ2v) is 6.13. The number of rotatable bonds is 4. The van der Waals surface area contributed by atoms with Crippen LogP contribution in [-0.2, 0) is 4.74 Å². The molecule has 2 unspecified atom stereocenters. The first kappa shape index (κ1) is 15.2. The van der Waals surface area contributed by atoms with E-state index in [1.165, 1.54) is 6.07 Å². The van der Waals surface area contributed by atoms with Crippen LogP contribution in [0.15, 0.2) is 6.07 Å². The molecule has 1 aromatic carbocycles. The van der Waals surface area contributed by atoms with Crippen molar-refractivity contribution in [3.8, 4) is 0 Å². The smallest absolute Gasteiger partial charge is 0.169 e. The van der Waals surface area contributed by atoms with Crippen molar-refractivity contribution in [2.45, 2.75) is 39.3 Å². The summed E-state index contributed by atoms with van der Waals surface area (Å²) in [6.45, 7) is 6.81. The van der Waals surface area contributed by atoms with Crippen LogP contribution in [-0.4, -0.2) is 18.8 Å².